The van der Waals surface area contributed by atoms with Gasteiger partial charge < -0.3 is 10.2 Å². The molecule has 8 heteroatoms. The van der Waals surface area contributed by atoms with E-state index in [1.165, 1.54) is 0 Å². The van der Waals surface area contributed by atoms with E-state index >= 15 is 0 Å². The second-order valence-electron chi connectivity index (χ2n) is 8.17. The minimum absolute atomic E-state index is 0.250. The first kappa shape index (κ1) is 22.5. The van der Waals surface area contributed by atoms with Gasteiger partial charge in [-0.05, 0) is 52.9 Å². The normalized spacial score (nSPS) is 10.6. The van der Waals surface area contributed by atoms with Crippen molar-refractivity contribution in [2.24, 2.45) is 5.92 Å². The highest BCUT2D eigenvalue weighted by molar-refractivity contribution is 5.86. The average molecular weight is 451 g/mol. The van der Waals surface area contributed by atoms with Gasteiger partial charge in [0.1, 0.15) is 12.4 Å². The SMILES string of the molecule is CC(C)COn1c(=O)nc(NCc2ccc(-c3cc(C#N)cc(C#N)c3)cc2)c2cccnc21. The highest BCUT2D eigenvalue weighted by Crippen LogP contribution is 2.23. The number of benzene rings is 2. The maximum atomic E-state index is 12.6. The number of pyridine rings is 1. The van der Waals surface area contributed by atoms with Crippen molar-refractivity contribution in [1.82, 2.24) is 14.7 Å². The van der Waals surface area contributed by atoms with Gasteiger partial charge in [0.25, 0.3) is 0 Å². The molecule has 1 N–H and O–H groups in total. The Balaban J connectivity index is 1.56. The van der Waals surface area contributed by atoms with Crippen molar-refractivity contribution < 1.29 is 4.84 Å². The third kappa shape index (κ3) is 4.87. The van der Waals surface area contributed by atoms with E-state index in [0.717, 1.165) is 21.4 Å². The number of hydrogen-bond donors (Lipinski definition) is 1. The Morgan fingerprint density at radius 3 is 2.38 bits per heavy atom. The van der Waals surface area contributed by atoms with Gasteiger partial charge in [-0.1, -0.05) is 38.1 Å². The van der Waals surface area contributed by atoms with Gasteiger partial charge in [0, 0.05) is 12.7 Å². The predicted molar refractivity (Wildman–Crippen MR) is 129 cm³/mol. The molecule has 0 aliphatic rings. The topological polar surface area (TPSA) is 117 Å². The maximum Gasteiger partial charge on any atom is 0.384 e. The molecule has 0 amide bonds. The summed E-state index contributed by atoms with van der Waals surface area (Å²) in [5.41, 5.74) is 3.44. The molecule has 0 spiro atoms. The second-order valence-corrected chi connectivity index (χ2v) is 8.17. The number of nitrogens with zero attached hydrogens (tertiary/aromatic N) is 5. The first-order chi connectivity index (χ1) is 16.5. The van der Waals surface area contributed by atoms with Gasteiger partial charge in [0.15, 0.2) is 5.65 Å². The summed E-state index contributed by atoms with van der Waals surface area (Å²) in [5.74, 6) is 0.683. The zero-order valence-electron chi connectivity index (χ0n) is 18.8. The van der Waals surface area contributed by atoms with Gasteiger partial charge >= 0.3 is 5.69 Å². The molecule has 0 unspecified atom stereocenters. The highest BCUT2D eigenvalue weighted by atomic mass is 16.7. The lowest BCUT2D eigenvalue weighted by molar-refractivity contribution is 0.0869. The van der Waals surface area contributed by atoms with Crippen LogP contribution in [0.5, 0.6) is 0 Å². The van der Waals surface area contributed by atoms with E-state index in [4.69, 9.17) is 4.84 Å². The number of hydrogen-bond acceptors (Lipinski definition) is 7. The van der Waals surface area contributed by atoms with Crippen molar-refractivity contribution in [3.05, 3.63) is 88.0 Å². The highest BCUT2D eigenvalue weighted by Gasteiger charge is 2.13. The Kier molecular flexibility index (Phi) is 6.52. The summed E-state index contributed by atoms with van der Waals surface area (Å²) < 4.78 is 1.14. The van der Waals surface area contributed by atoms with Gasteiger partial charge in [-0.15, -0.1) is 4.73 Å². The summed E-state index contributed by atoms with van der Waals surface area (Å²) in [4.78, 5) is 26.7. The average Bonchev–Trinajstić information content (AvgIpc) is 2.86. The summed E-state index contributed by atoms with van der Waals surface area (Å²) in [6.45, 7) is 4.81. The summed E-state index contributed by atoms with van der Waals surface area (Å²) in [6, 6.07) is 20.6. The van der Waals surface area contributed by atoms with Crippen LogP contribution in [-0.4, -0.2) is 21.3 Å². The molecule has 0 fully saturated rings. The molecule has 0 saturated carbocycles. The Morgan fingerprint density at radius 1 is 1.03 bits per heavy atom. The molecule has 0 radical (unpaired) electrons. The quantitative estimate of drug-likeness (QED) is 0.454. The molecule has 2 aromatic carbocycles. The van der Waals surface area contributed by atoms with Crippen molar-refractivity contribution >= 4 is 16.9 Å². The largest absolute Gasteiger partial charge is 0.407 e. The van der Waals surface area contributed by atoms with E-state index in [-0.39, 0.29) is 5.92 Å². The number of rotatable bonds is 7. The number of anilines is 1. The molecule has 34 heavy (non-hydrogen) atoms. The van der Waals surface area contributed by atoms with E-state index in [2.05, 4.69) is 27.4 Å². The van der Waals surface area contributed by atoms with Crippen molar-refractivity contribution in [2.45, 2.75) is 20.4 Å². The van der Waals surface area contributed by atoms with Gasteiger partial charge in [0.05, 0.1) is 28.7 Å². The molecular weight excluding hydrogens is 428 g/mol. The van der Waals surface area contributed by atoms with Crippen LogP contribution in [0, 0.1) is 28.6 Å². The Morgan fingerprint density at radius 2 is 1.74 bits per heavy atom. The molecule has 0 bridgehead atoms. The first-order valence-electron chi connectivity index (χ1n) is 10.8. The lowest BCUT2D eigenvalue weighted by Crippen LogP contribution is -2.32. The van der Waals surface area contributed by atoms with E-state index in [1.54, 1.807) is 30.5 Å². The molecule has 0 aliphatic heterocycles. The zero-order chi connectivity index (χ0) is 24.1. The van der Waals surface area contributed by atoms with Crippen LogP contribution < -0.4 is 15.8 Å². The minimum Gasteiger partial charge on any atom is -0.407 e. The van der Waals surface area contributed by atoms with Crippen molar-refractivity contribution in [3.63, 3.8) is 0 Å². The molecule has 8 nitrogen and oxygen atoms in total. The number of nitrogens with one attached hydrogen (secondary N) is 1. The van der Waals surface area contributed by atoms with E-state index < -0.39 is 5.69 Å². The molecule has 4 aromatic rings. The number of aromatic nitrogens is 3. The van der Waals surface area contributed by atoms with Crippen LogP contribution in [0.1, 0.15) is 30.5 Å². The molecule has 2 aromatic heterocycles. The van der Waals surface area contributed by atoms with Gasteiger partial charge in [-0.25, -0.2) is 9.78 Å². The van der Waals surface area contributed by atoms with Crippen molar-refractivity contribution in [2.75, 3.05) is 11.9 Å². The molecule has 168 valence electrons. The Hall–Kier alpha value is -4.69. The molecule has 2 heterocycles. The van der Waals surface area contributed by atoms with Crippen LogP contribution in [0.3, 0.4) is 0 Å². The number of nitriles is 2. The summed E-state index contributed by atoms with van der Waals surface area (Å²) in [6.07, 6.45) is 1.61. The zero-order valence-corrected chi connectivity index (χ0v) is 18.8. The molecule has 0 atom stereocenters. The molecule has 0 aliphatic carbocycles. The standard InChI is InChI=1S/C26H22N6O2/c1-17(2)16-34-32-25-23(4-3-9-29-25)24(31-26(32)33)30-15-18-5-7-21(8-6-18)22-11-19(13-27)10-20(12-22)14-28/h3-12,17H,15-16H2,1-2H3,(H,30,31,33). The Bertz CT molecular complexity index is 1440. The molecule has 4 rings (SSSR count). The van der Waals surface area contributed by atoms with Crippen molar-refractivity contribution in [1.29, 1.82) is 10.5 Å². The smallest absolute Gasteiger partial charge is 0.384 e. The van der Waals surface area contributed by atoms with Crippen LogP contribution in [0.2, 0.25) is 0 Å². The van der Waals surface area contributed by atoms with Crippen LogP contribution in [0.25, 0.3) is 22.2 Å². The first-order valence-corrected chi connectivity index (χ1v) is 10.8. The summed E-state index contributed by atoms with van der Waals surface area (Å²) in [5, 5.41) is 22.3. The fourth-order valence-corrected chi connectivity index (χ4v) is 3.43. The third-order valence-electron chi connectivity index (χ3n) is 5.09. The maximum absolute atomic E-state index is 12.6. The molecule has 0 saturated heterocycles. The lowest BCUT2D eigenvalue weighted by Gasteiger charge is -2.14. The van der Waals surface area contributed by atoms with Gasteiger partial charge in [-0.2, -0.15) is 15.5 Å². The third-order valence-corrected chi connectivity index (χ3v) is 5.09. The summed E-state index contributed by atoms with van der Waals surface area (Å²) in [7, 11) is 0. The van der Waals surface area contributed by atoms with Crippen LogP contribution in [0.15, 0.2) is 65.6 Å². The van der Waals surface area contributed by atoms with Crippen LogP contribution >= 0.6 is 0 Å². The molecular formula is C26H22N6O2. The van der Waals surface area contributed by atoms with Gasteiger partial charge in [0.2, 0.25) is 0 Å². The Labute approximate surface area is 196 Å². The van der Waals surface area contributed by atoms with Crippen LogP contribution in [0.4, 0.5) is 5.82 Å². The fourth-order valence-electron chi connectivity index (χ4n) is 3.43. The van der Waals surface area contributed by atoms with Crippen molar-refractivity contribution in [3.8, 4) is 23.3 Å². The van der Waals surface area contributed by atoms with E-state index in [1.807, 2.05) is 44.2 Å². The van der Waals surface area contributed by atoms with E-state index in [0.29, 0.717) is 41.1 Å². The lowest BCUT2D eigenvalue weighted by atomic mass is 9.99. The van der Waals surface area contributed by atoms with E-state index in [9.17, 15) is 15.3 Å². The monoisotopic (exact) mass is 450 g/mol. The second kappa shape index (κ2) is 9.85. The number of fused-ring (bicyclic) bond motifs is 1. The van der Waals surface area contributed by atoms with Crippen LogP contribution in [-0.2, 0) is 6.54 Å². The minimum atomic E-state index is -0.532. The summed E-state index contributed by atoms with van der Waals surface area (Å²) >= 11 is 0. The fraction of sp³-hybridized carbons (Fsp3) is 0.192. The predicted octanol–water partition coefficient (Wildman–Crippen LogP) is 3.90. The van der Waals surface area contributed by atoms with Gasteiger partial charge in [-0.3, -0.25) is 0 Å².